The van der Waals surface area contributed by atoms with E-state index >= 15 is 0 Å². The Labute approximate surface area is 234 Å². The summed E-state index contributed by atoms with van der Waals surface area (Å²) in [5.74, 6) is -1.55. The summed E-state index contributed by atoms with van der Waals surface area (Å²) in [6.07, 6.45) is 0.374. The second-order valence-corrected chi connectivity index (χ2v) is 9.58. The van der Waals surface area contributed by atoms with Gasteiger partial charge in [0.15, 0.2) is 0 Å². The maximum atomic E-state index is 13.3. The number of amides is 3. The third-order valence-corrected chi connectivity index (χ3v) is 6.43. The van der Waals surface area contributed by atoms with Crippen molar-refractivity contribution in [2.24, 2.45) is 11.7 Å². The molecule has 211 valence electrons. The zero-order chi connectivity index (χ0) is 28.9. The van der Waals surface area contributed by atoms with E-state index in [-0.39, 0.29) is 12.8 Å². The largest absolute Gasteiger partial charge is 0.489 e. The van der Waals surface area contributed by atoms with Crippen LogP contribution in [0.1, 0.15) is 36.1 Å². The number of benzene rings is 3. The molecule has 9 nitrogen and oxygen atoms in total. The highest BCUT2D eigenvalue weighted by Crippen LogP contribution is 2.18. The molecule has 3 amide bonds. The van der Waals surface area contributed by atoms with E-state index in [1.54, 1.807) is 61.5 Å². The lowest BCUT2D eigenvalue weighted by molar-refractivity contribution is -0.129. The Morgan fingerprint density at radius 2 is 1.52 bits per heavy atom. The normalized spacial score (nSPS) is 13.9. The van der Waals surface area contributed by atoms with Gasteiger partial charge in [0.25, 0.3) is 0 Å². The first-order valence-corrected chi connectivity index (χ1v) is 13.1. The second kappa shape index (κ2) is 15.4. The van der Waals surface area contributed by atoms with Crippen molar-refractivity contribution < 1.29 is 29.3 Å². The first-order chi connectivity index (χ1) is 19.3. The highest BCUT2D eigenvalue weighted by Gasteiger charge is 2.28. The zero-order valence-corrected chi connectivity index (χ0v) is 22.4. The Hall–Kier alpha value is -4.21. The molecular formula is C31H36N3O6. The summed E-state index contributed by atoms with van der Waals surface area (Å²) in [6.45, 7) is 1.50. The summed E-state index contributed by atoms with van der Waals surface area (Å²) in [7, 11) is 0. The number of carbonyl (C=O) groups is 3. The van der Waals surface area contributed by atoms with Crippen molar-refractivity contribution in [2.75, 3.05) is 6.61 Å². The minimum absolute atomic E-state index is 0.120. The first-order valence-electron chi connectivity index (χ1n) is 13.1. The van der Waals surface area contributed by atoms with Crippen molar-refractivity contribution in [3.63, 3.8) is 0 Å². The number of nitrogens with one attached hydrogen (secondary N) is 2. The topological polar surface area (TPSA) is 151 Å². The van der Waals surface area contributed by atoms with E-state index in [2.05, 4.69) is 10.6 Å². The molecule has 0 aliphatic carbocycles. The minimum Gasteiger partial charge on any atom is -0.489 e. The summed E-state index contributed by atoms with van der Waals surface area (Å²) in [6, 6.07) is 23.5. The Morgan fingerprint density at radius 3 is 2.12 bits per heavy atom. The van der Waals surface area contributed by atoms with Gasteiger partial charge in [-0.2, -0.15) is 0 Å². The number of ether oxygens (including phenoxy) is 1. The molecule has 6 N–H and O–H groups in total. The SMILES string of the molecule is CC(C[CH]C(=O)NC(Cc1ccc(OCc2ccccc2)cc1)C(=O)NC(CO)C(O)c1ccccc1)C(N)=O. The van der Waals surface area contributed by atoms with Gasteiger partial charge in [-0.3, -0.25) is 14.4 Å². The first kappa shape index (κ1) is 30.3. The van der Waals surface area contributed by atoms with Crippen LogP contribution in [0, 0.1) is 12.3 Å². The number of aliphatic hydroxyl groups is 2. The monoisotopic (exact) mass is 546 g/mol. The van der Waals surface area contributed by atoms with Crippen LogP contribution in [0.5, 0.6) is 5.75 Å². The van der Waals surface area contributed by atoms with Crippen LogP contribution in [-0.2, 0) is 27.4 Å². The fourth-order valence-corrected chi connectivity index (χ4v) is 3.93. The summed E-state index contributed by atoms with van der Waals surface area (Å²) < 4.78 is 5.83. The van der Waals surface area contributed by atoms with E-state index < -0.39 is 48.4 Å². The molecule has 0 aliphatic rings. The quantitative estimate of drug-likeness (QED) is 0.197. The average Bonchev–Trinajstić information content (AvgIpc) is 2.98. The lowest BCUT2D eigenvalue weighted by Crippen LogP contribution is -2.53. The average molecular weight is 547 g/mol. The number of hydrogen-bond acceptors (Lipinski definition) is 6. The van der Waals surface area contributed by atoms with Crippen molar-refractivity contribution in [3.05, 3.63) is 108 Å². The van der Waals surface area contributed by atoms with Gasteiger partial charge in [0, 0.05) is 12.3 Å². The summed E-state index contributed by atoms with van der Waals surface area (Å²) >= 11 is 0. The standard InChI is InChI=1S/C31H36N3O6/c1-21(30(32)38)12-17-28(36)33-26(31(39)34-27(19-35)29(37)24-10-6-3-7-11-24)18-22-13-15-25(16-14-22)40-20-23-8-4-2-5-9-23/h2-11,13-17,21,26-27,29,35,37H,12,18-20H2,1H3,(H2,32,38)(H,33,36)(H,34,39). The molecule has 3 aromatic carbocycles. The fourth-order valence-electron chi connectivity index (χ4n) is 3.93. The zero-order valence-electron chi connectivity index (χ0n) is 22.4. The Kier molecular flexibility index (Phi) is 11.7. The number of primary amides is 1. The Balaban J connectivity index is 1.69. The molecule has 0 saturated carbocycles. The van der Waals surface area contributed by atoms with Gasteiger partial charge < -0.3 is 31.3 Å². The van der Waals surface area contributed by atoms with E-state index in [1.165, 1.54) is 6.42 Å². The van der Waals surface area contributed by atoms with Crippen LogP contribution in [0.3, 0.4) is 0 Å². The van der Waals surface area contributed by atoms with Gasteiger partial charge in [0.1, 0.15) is 24.5 Å². The summed E-state index contributed by atoms with van der Waals surface area (Å²) in [5, 5.41) is 25.9. The van der Waals surface area contributed by atoms with Crippen molar-refractivity contribution in [2.45, 2.75) is 44.6 Å². The highest BCUT2D eigenvalue weighted by atomic mass is 16.5. The molecule has 9 heteroatoms. The molecule has 4 unspecified atom stereocenters. The number of nitrogens with two attached hydrogens (primary N) is 1. The van der Waals surface area contributed by atoms with Crippen LogP contribution in [0.15, 0.2) is 84.9 Å². The number of carbonyl (C=O) groups excluding carboxylic acids is 3. The predicted octanol–water partition coefficient (Wildman–Crippen LogP) is 2.22. The van der Waals surface area contributed by atoms with Gasteiger partial charge in [0.05, 0.1) is 19.1 Å². The summed E-state index contributed by atoms with van der Waals surface area (Å²) in [4.78, 5) is 37.3. The van der Waals surface area contributed by atoms with Gasteiger partial charge in [-0.15, -0.1) is 0 Å². The Morgan fingerprint density at radius 1 is 0.900 bits per heavy atom. The van der Waals surface area contributed by atoms with Crippen molar-refractivity contribution in [3.8, 4) is 5.75 Å². The second-order valence-electron chi connectivity index (χ2n) is 9.58. The van der Waals surface area contributed by atoms with E-state index in [0.29, 0.717) is 17.9 Å². The van der Waals surface area contributed by atoms with Crippen LogP contribution >= 0.6 is 0 Å². The smallest absolute Gasteiger partial charge is 0.243 e. The van der Waals surface area contributed by atoms with Gasteiger partial charge in [0.2, 0.25) is 17.7 Å². The van der Waals surface area contributed by atoms with E-state index in [0.717, 1.165) is 11.1 Å². The van der Waals surface area contributed by atoms with Gasteiger partial charge in [-0.25, -0.2) is 0 Å². The molecule has 0 heterocycles. The Bertz CT molecular complexity index is 1220. The van der Waals surface area contributed by atoms with Crippen LogP contribution < -0.4 is 21.1 Å². The maximum absolute atomic E-state index is 13.3. The fraction of sp³-hybridized carbons (Fsp3) is 0.290. The molecule has 1 radical (unpaired) electrons. The van der Waals surface area contributed by atoms with Crippen LogP contribution in [0.2, 0.25) is 0 Å². The van der Waals surface area contributed by atoms with Gasteiger partial charge >= 0.3 is 0 Å². The number of aliphatic hydroxyl groups excluding tert-OH is 2. The molecular weight excluding hydrogens is 510 g/mol. The third-order valence-electron chi connectivity index (χ3n) is 6.43. The lowest BCUT2D eigenvalue weighted by Gasteiger charge is -2.26. The molecule has 40 heavy (non-hydrogen) atoms. The van der Waals surface area contributed by atoms with Crippen LogP contribution in [0.25, 0.3) is 0 Å². The molecule has 0 fully saturated rings. The highest BCUT2D eigenvalue weighted by molar-refractivity contribution is 5.92. The molecule has 0 saturated heterocycles. The predicted molar refractivity (Wildman–Crippen MR) is 151 cm³/mol. The van der Waals surface area contributed by atoms with E-state index in [1.807, 2.05) is 30.3 Å². The lowest BCUT2D eigenvalue weighted by atomic mass is 10.0. The molecule has 0 bridgehead atoms. The van der Waals surface area contributed by atoms with Crippen LogP contribution in [-0.4, -0.2) is 46.6 Å². The number of hydrogen-bond donors (Lipinski definition) is 5. The van der Waals surface area contributed by atoms with E-state index in [4.69, 9.17) is 10.5 Å². The molecule has 3 rings (SSSR count). The summed E-state index contributed by atoms with van der Waals surface area (Å²) in [5.41, 5.74) is 7.59. The molecule has 3 aromatic rings. The van der Waals surface area contributed by atoms with Crippen molar-refractivity contribution >= 4 is 17.7 Å². The van der Waals surface area contributed by atoms with Crippen LogP contribution in [0.4, 0.5) is 0 Å². The van der Waals surface area contributed by atoms with Gasteiger partial charge in [-0.1, -0.05) is 79.7 Å². The molecule has 4 atom stereocenters. The third kappa shape index (κ3) is 9.52. The molecule has 0 aromatic heterocycles. The van der Waals surface area contributed by atoms with Crippen molar-refractivity contribution in [1.29, 1.82) is 0 Å². The van der Waals surface area contributed by atoms with E-state index in [9.17, 15) is 24.6 Å². The van der Waals surface area contributed by atoms with Gasteiger partial charge in [-0.05, 0) is 35.2 Å². The molecule has 0 aliphatic heterocycles. The maximum Gasteiger partial charge on any atom is 0.243 e. The minimum atomic E-state index is -1.16. The number of rotatable bonds is 15. The van der Waals surface area contributed by atoms with Crippen molar-refractivity contribution in [1.82, 2.24) is 10.6 Å². The molecule has 0 spiro atoms.